The van der Waals surface area contributed by atoms with Gasteiger partial charge in [-0.1, -0.05) is 6.07 Å². The summed E-state index contributed by atoms with van der Waals surface area (Å²) in [4.78, 5) is 25.4. The Morgan fingerprint density at radius 1 is 1.33 bits per heavy atom. The maximum Gasteiger partial charge on any atom is 0.251 e. The maximum absolute atomic E-state index is 12.0. The summed E-state index contributed by atoms with van der Waals surface area (Å²) in [7, 11) is 0. The molecule has 1 aliphatic rings. The molecule has 1 fully saturated rings. The van der Waals surface area contributed by atoms with Crippen molar-refractivity contribution in [1.29, 1.82) is 0 Å². The minimum atomic E-state index is -0.0857. The Bertz CT molecular complexity index is 480. The highest BCUT2D eigenvalue weighted by Crippen LogP contribution is 2.07. The molecule has 0 bridgehead atoms. The van der Waals surface area contributed by atoms with E-state index in [1.807, 2.05) is 4.90 Å². The molecule has 0 unspecified atom stereocenters. The van der Waals surface area contributed by atoms with Crippen molar-refractivity contribution in [2.24, 2.45) is 0 Å². The van der Waals surface area contributed by atoms with Gasteiger partial charge < -0.3 is 14.8 Å². The van der Waals surface area contributed by atoms with Gasteiger partial charge in [0.15, 0.2) is 0 Å². The Morgan fingerprint density at radius 2 is 2.06 bits per heavy atom. The zero-order chi connectivity index (χ0) is 13.0. The molecular weight excluding hydrogens is 298 g/mol. The molecule has 0 radical (unpaired) electrons. The number of halogens is 1. The SMILES string of the molecule is O=C(CCn1c(Br)cccc1=O)N1CCNCC1. The first-order chi connectivity index (χ1) is 8.68. The van der Waals surface area contributed by atoms with Crippen LogP contribution in [0.15, 0.2) is 27.6 Å². The molecule has 0 aromatic carbocycles. The standard InChI is InChI=1S/C12H16BrN3O2/c13-10-2-1-3-12(18)16(10)7-4-11(17)15-8-5-14-6-9-15/h1-3,14H,4-9H2. The van der Waals surface area contributed by atoms with Gasteiger partial charge in [0.05, 0.1) is 4.60 Å². The fourth-order valence-corrected chi connectivity index (χ4v) is 2.50. The minimum Gasteiger partial charge on any atom is -0.340 e. The quantitative estimate of drug-likeness (QED) is 0.824. The molecule has 1 saturated heterocycles. The van der Waals surface area contributed by atoms with Gasteiger partial charge in [-0.2, -0.15) is 0 Å². The largest absolute Gasteiger partial charge is 0.340 e. The number of piperazine rings is 1. The van der Waals surface area contributed by atoms with Gasteiger partial charge in [0.2, 0.25) is 5.91 Å². The molecule has 1 N–H and O–H groups in total. The van der Waals surface area contributed by atoms with Gasteiger partial charge >= 0.3 is 0 Å². The third kappa shape index (κ3) is 3.20. The number of aromatic nitrogens is 1. The van der Waals surface area contributed by atoms with Crippen LogP contribution in [0.5, 0.6) is 0 Å². The first-order valence-corrected chi connectivity index (χ1v) is 6.81. The van der Waals surface area contributed by atoms with Gasteiger partial charge in [-0.05, 0) is 22.0 Å². The Hall–Kier alpha value is -1.14. The summed E-state index contributed by atoms with van der Waals surface area (Å²) in [5, 5.41) is 3.21. The molecule has 1 aromatic rings. The number of carbonyl (C=O) groups is 1. The molecule has 6 heteroatoms. The van der Waals surface area contributed by atoms with Crippen LogP contribution in [-0.2, 0) is 11.3 Å². The second-order valence-corrected chi connectivity index (χ2v) is 5.03. The highest BCUT2D eigenvalue weighted by molar-refractivity contribution is 9.10. The number of rotatable bonds is 3. The van der Waals surface area contributed by atoms with Crippen LogP contribution in [0.2, 0.25) is 0 Å². The van der Waals surface area contributed by atoms with Gasteiger partial charge in [-0.15, -0.1) is 0 Å². The number of nitrogens with one attached hydrogen (secondary N) is 1. The normalized spacial score (nSPS) is 15.7. The summed E-state index contributed by atoms with van der Waals surface area (Å²) in [5.41, 5.74) is -0.0857. The molecule has 0 spiro atoms. The zero-order valence-corrected chi connectivity index (χ0v) is 11.6. The predicted molar refractivity (Wildman–Crippen MR) is 72.5 cm³/mol. The number of hydrogen-bond donors (Lipinski definition) is 1. The first kappa shape index (κ1) is 13.3. The molecule has 2 rings (SSSR count). The van der Waals surface area contributed by atoms with Gasteiger partial charge in [0.1, 0.15) is 0 Å². The minimum absolute atomic E-state index is 0.0857. The number of amides is 1. The number of nitrogens with zero attached hydrogens (tertiary/aromatic N) is 2. The highest BCUT2D eigenvalue weighted by atomic mass is 79.9. The smallest absolute Gasteiger partial charge is 0.251 e. The molecule has 0 saturated carbocycles. The van der Waals surface area contributed by atoms with E-state index < -0.39 is 0 Å². The van der Waals surface area contributed by atoms with Crippen molar-refractivity contribution in [3.63, 3.8) is 0 Å². The van der Waals surface area contributed by atoms with E-state index in [0.717, 1.165) is 26.2 Å². The third-order valence-electron chi connectivity index (χ3n) is 3.02. The van der Waals surface area contributed by atoms with Gasteiger partial charge in [0.25, 0.3) is 5.56 Å². The monoisotopic (exact) mass is 313 g/mol. The van der Waals surface area contributed by atoms with Crippen molar-refractivity contribution in [2.75, 3.05) is 26.2 Å². The number of pyridine rings is 1. The molecule has 0 atom stereocenters. The van der Waals surface area contributed by atoms with Crippen LogP contribution in [0.4, 0.5) is 0 Å². The summed E-state index contributed by atoms with van der Waals surface area (Å²) in [6, 6.07) is 5.00. The lowest BCUT2D eigenvalue weighted by molar-refractivity contribution is -0.132. The van der Waals surface area contributed by atoms with Crippen LogP contribution in [0.1, 0.15) is 6.42 Å². The first-order valence-electron chi connectivity index (χ1n) is 6.02. The molecule has 1 aromatic heterocycles. The van der Waals surface area contributed by atoms with Crippen molar-refractivity contribution < 1.29 is 4.79 Å². The molecule has 2 heterocycles. The zero-order valence-electron chi connectivity index (χ0n) is 10.1. The van der Waals surface area contributed by atoms with E-state index in [9.17, 15) is 9.59 Å². The second-order valence-electron chi connectivity index (χ2n) is 4.22. The Kier molecular flexibility index (Phi) is 4.54. The predicted octanol–water partition coefficient (Wildman–Crippen LogP) is 0.433. The molecule has 5 nitrogen and oxygen atoms in total. The lowest BCUT2D eigenvalue weighted by atomic mass is 10.3. The van der Waals surface area contributed by atoms with Crippen LogP contribution in [0.3, 0.4) is 0 Å². The second kappa shape index (κ2) is 6.15. The number of carbonyl (C=O) groups excluding carboxylic acids is 1. The molecule has 1 amide bonds. The van der Waals surface area contributed by atoms with E-state index in [0.29, 0.717) is 17.6 Å². The maximum atomic E-state index is 12.0. The van der Waals surface area contributed by atoms with Gasteiger partial charge in [0, 0.05) is 45.2 Å². The van der Waals surface area contributed by atoms with Gasteiger partial charge in [-0.25, -0.2) is 0 Å². The van der Waals surface area contributed by atoms with Crippen molar-refractivity contribution in [3.05, 3.63) is 33.2 Å². The number of hydrogen-bond acceptors (Lipinski definition) is 3. The average molecular weight is 314 g/mol. The molecule has 98 valence electrons. The fraction of sp³-hybridized carbons (Fsp3) is 0.500. The average Bonchev–Trinajstić information content (AvgIpc) is 2.39. The van der Waals surface area contributed by atoms with E-state index in [4.69, 9.17) is 0 Å². The third-order valence-corrected chi connectivity index (χ3v) is 3.71. The molecule has 18 heavy (non-hydrogen) atoms. The topological polar surface area (TPSA) is 54.3 Å². The van der Waals surface area contributed by atoms with Crippen LogP contribution in [0.25, 0.3) is 0 Å². The lowest BCUT2D eigenvalue weighted by Gasteiger charge is -2.27. The summed E-state index contributed by atoms with van der Waals surface area (Å²) in [6.07, 6.45) is 0.364. The van der Waals surface area contributed by atoms with E-state index >= 15 is 0 Å². The Labute approximate surface area is 114 Å². The van der Waals surface area contributed by atoms with Crippen LogP contribution >= 0.6 is 15.9 Å². The van der Waals surface area contributed by atoms with E-state index in [2.05, 4.69) is 21.2 Å². The van der Waals surface area contributed by atoms with Crippen molar-refractivity contribution in [1.82, 2.24) is 14.8 Å². The van der Waals surface area contributed by atoms with Crippen LogP contribution in [0, 0.1) is 0 Å². The van der Waals surface area contributed by atoms with E-state index in [-0.39, 0.29) is 11.5 Å². The lowest BCUT2D eigenvalue weighted by Crippen LogP contribution is -2.46. The molecule has 1 aliphatic heterocycles. The summed E-state index contributed by atoms with van der Waals surface area (Å²) >= 11 is 3.32. The summed E-state index contributed by atoms with van der Waals surface area (Å²) in [6.45, 7) is 3.62. The summed E-state index contributed by atoms with van der Waals surface area (Å²) < 4.78 is 2.28. The molecular formula is C12H16BrN3O2. The Balaban J connectivity index is 1.95. The summed E-state index contributed by atoms with van der Waals surface area (Å²) in [5.74, 6) is 0.110. The highest BCUT2D eigenvalue weighted by Gasteiger charge is 2.16. The van der Waals surface area contributed by atoms with E-state index in [1.165, 1.54) is 6.07 Å². The van der Waals surface area contributed by atoms with E-state index in [1.54, 1.807) is 16.7 Å². The van der Waals surface area contributed by atoms with Crippen molar-refractivity contribution in [3.8, 4) is 0 Å². The molecule has 0 aliphatic carbocycles. The Morgan fingerprint density at radius 3 is 2.72 bits per heavy atom. The van der Waals surface area contributed by atoms with Crippen LogP contribution < -0.4 is 10.9 Å². The van der Waals surface area contributed by atoms with Crippen molar-refractivity contribution in [2.45, 2.75) is 13.0 Å². The van der Waals surface area contributed by atoms with Crippen molar-refractivity contribution >= 4 is 21.8 Å². The van der Waals surface area contributed by atoms with Gasteiger partial charge in [-0.3, -0.25) is 9.59 Å². The van der Waals surface area contributed by atoms with Crippen LogP contribution in [-0.4, -0.2) is 41.6 Å². The fourth-order valence-electron chi connectivity index (χ4n) is 1.99.